The molecule has 1 aromatic carbocycles. The van der Waals surface area contributed by atoms with Gasteiger partial charge in [-0.05, 0) is 35.3 Å². The number of benzene rings is 1. The summed E-state index contributed by atoms with van der Waals surface area (Å²) < 4.78 is 5.31. The standard InChI is InChI=1S/C13H16N4O/c1-3-17(2)13-15-12(18-16-13)9-4-5-10-7-14-8-11(10)6-9/h4-6,14H,3,7-8H2,1-2H3. The van der Waals surface area contributed by atoms with Crippen molar-refractivity contribution in [2.45, 2.75) is 20.0 Å². The molecule has 0 unspecified atom stereocenters. The zero-order valence-corrected chi connectivity index (χ0v) is 10.6. The van der Waals surface area contributed by atoms with Crippen LogP contribution in [0.2, 0.25) is 0 Å². The van der Waals surface area contributed by atoms with Crippen LogP contribution in [0.3, 0.4) is 0 Å². The van der Waals surface area contributed by atoms with E-state index in [0.29, 0.717) is 11.8 Å². The molecule has 2 heterocycles. The first kappa shape index (κ1) is 11.2. The predicted molar refractivity (Wildman–Crippen MR) is 69.2 cm³/mol. The molecular weight excluding hydrogens is 228 g/mol. The maximum Gasteiger partial charge on any atom is 0.266 e. The van der Waals surface area contributed by atoms with Gasteiger partial charge in [0, 0.05) is 32.2 Å². The minimum atomic E-state index is 0.583. The first-order chi connectivity index (χ1) is 8.78. The summed E-state index contributed by atoms with van der Waals surface area (Å²) in [5.41, 5.74) is 3.65. The molecule has 5 heteroatoms. The number of aromatic nitrogens is 2. The number of nitrogens with zero attached hydrogens (tertiary/aromatic N) is 3. The lowest BCUT2D eigenvalue weighted by molar-refractivity contribution is 0.430. The maximum absolute atomic E-state index is 5.31. The summed E-state index contributed by atoms with van der Waals surface area (Å²) in [6, 6.07) is 6.28. The van der Waals surface area contributed by atoms with Crippen LogP contribution in [-0.4, -0.2) is 23.7 Å². The Labute approximate surface area is 106 Å². The lowest BCUT2D eigenvalue weighted by atomic mass is 10.1. The van der Waals surface area contributed by atoms with Crippen LogP contribution in [0.5, 0.6) is 0 Å². The molecule has 0 fully saturated rings. The monoisotopic (exact) mass is 244 g/mol. The van der Waals surface area contributed by atoms with E-state index in [1.807, 2.05) is 18.0 Å². The third-order valence-electron chi connectivity index (χ3n) is 3.32. The molecule has 5 nitrogen and oxygen atoms in total. The van der Waals surface area contributed by atoms with Crippen molar-refractivity contribution in [3.63, 3.8) is 0 Å². The van der Waals surface area contributed by atoms with Gasteiger partial charge in [-0.15, -0.1) is 0 Å². The first-order valence-electron chi connectivity index (χ1n) is 6.15. The van der Waals surface area contributed by atoms with Gasteiger partial charge in [0.2, 0.25) is 0 Å². The van der Waals surface area contributed by atoms with Crippen molar-refractivity contribution in [1.29, 1.82) is 0 Å². The molecule has 0 radical (unpaired) electrons. The van der Waals surface area contributed by atoms with E-state index in [2.05, 4.69) is 34.5 Å². The van der Waals surface area contributed by atoms with Crippen molar-refractivity contribution in [2.24, 2.45) is 0 Å². The number of fused-ring (bicyclic) bond motifs is 1. The van der Waals surface area contributed by atoms with Gasteiger partial charge in [0.1, 0.15) is 0 Å². The second-order valence-electron chi connectivity index (χ2n) is 4.50. The summed E-state index contributed by atoms with van der Waals surface area (Å²) in [7, 11) is 1.95. The minimum absolute atomic E-state index is 0.583. The molecule has 0 saturated carbocycles. The molecule has 94 valence electrons. The number of hydrogen-bond acceptors (Lipinski definition) is 5. The quantitative estimate of drug-likeness (QED) is 0.892. The normalized spacial score (nSPS) is 13.7. The van der Waals surface area contributed by atoms with Crippen LogP contribution >= 0.6 is 0 Å². The Morgan fingerprint density at radius 3 is 3.00 bits per heavy atom. The van der Waals surface area contributed by atoms with Gasteiger partial charge in [-0.3, -0.25) is 0 Å². The van der Waals surface area contributed by atoms with E-state index in [1.54, 1.807) is 0 Å². The predicted octanol–water partition coefficient (Wildman–Crippen LogP) is 1.80. The van der Waals surface area contributed by atoms with Crippen LogP contribution in [0.15, 0.2) is 22.7 Å². The third kappa shape index (κ3) is 1.86. The van der Waals surface area contributed by atoms with E-state index in [0.717, 1.165) is 25.2 Å². The van der Waals surface area contributed by atoms with Crippen molar-refractivity contribution >= 4 is 5.95 Å². The highest BCUT2D eigenvalue weighted by Crippen LogP contribution is 2.24. The summed E-state index contributed by atoms with van der Waals surface area (Å²) in [4.78, 5) is 6.35. The summed E-state index contributed by atoms with van der Waals surface area (Å²) in [5.74, 6) is 1.21. The lowest BCUT2D eigenvalue weighted by Crippen LogP contribution is -2.16. The molecule has 1 aliphatic heterocycles. The molecule has 18 heavy (non-hydrogen) atoms. The van der Waals surface area contributed by atoms with Crippen molar-refractivity contribution in [3.8, 4) is 11.5 Å². The van der Waals surface area contributed by atoms with Gasteiger partial charge >= 0.3 is 0 Å². The first-order valence-corrected chi connectivity index (χ1v) is 6.15. The van der Waals surface area contributed by atoms with Crippen LogP contribution in [0, 0.1) is 0 Å². The Kier molecular flexibility index (Phi) is 2.76. The van der Waals surface area contributed by atoms with Crippen molar-refractivity contribution in [1.82, 2.24) is 15.5 Å². The zero-order chi connectivity index (χ0) is 12.5. The molecule has 1 aromatic heterocycles. The van der Waals surface area contributed by atoms with Crippen molar-refractivity contribution < 1.29 is 4.52 Å². The van der Waals surface area contributed by atoms with Crippen LogP contribution < -0.4 is 10.2 Å². The van der Waals surface area contributed by atoms with Crippen LogP contribution in [-0.2, 0) is 13.1 Å². The zero-order valence-electron chi connectivity index (χ0n) is 10.6. The molecular formula is C13H16N4O. The average molecular weight is 244 g/mol. The topological polar surface area (TPSA) is 54.2 Å². The fourth-order valence-corrected chi connectivity index (χ4v) is 2.06. The molecule has 0 saturated heterocycles. The largest absolute Gasteiger partial charge is 0.342 e. The molecule has 0 spiro atoms. The third-order valence-corrected chi connectivity index (χ3v) is 3.32. The SMILES string of the molecule is CCN(C)c1noc(-c2ccc3c(c2)CNC3)n1. The van der Waals surface area contributed by atoms with Gasteiger partial charge < -0.3 is 14.7 Å². The van der Waals surface area contributed by atoms with Crippen LogP contribution in [0.4, 0.5) is 5.95 Å². The molecule has 0 aliphatic carbocycles. The molecule has 1 N–H and O–H groups in total. The summed E-state index contributed by atoms with van der Waals surface area (Å²) in [6.45, 7) is 4.77. The minimum Gasteiger partial charge on any atom is -0.342 e. The van der Waals surface area contributed by atoms with Crippen LogP contribution in [0.1, 0.15) is 18.1 Å². The van der Waals surface area contributed by atoms with Gasteiger partial charge in [0.25, 0.3) is 11.8 Å². The summed E-state index contributed by atoms with van der Waals surface area (Å²) >= 11 is 0. The molecule has 0 amide bonds. The van der Waals surface area contributed by atoms with Gasteiger partial charge in [-0.25, -0.2) is 0 Å². The Morgan fingerprint density at radius 2 is 2.17 bits per heavy atom. The summed E-state index contributed by atoms with van der Waals surface area (Å²) in [6.07, 6.45) is 0. The van der Waals surface area contributed by atoms with Gasteiger partial charge in [0.05, 0.1) is 0 Å². The molecule has 1 aliphatic rings. The number of rotatable bonds is 3. The average Bonchev–Trinajstić information content (AvgIpc) is 3.05. The van der Waals surface area contributed by atoms with E-state index >= 15 is 0 Å². The van der Waals surface area contributed by atoms with Gasteiger partial charge in [-0.1, -0.05) is 6.07 Å². The number of nitrogens with one attached hydrogen (secondary N) is 1. The molecule has 2 aromatic rings. The Morgan fingerprint density at radius 1 is 1.33 bits per heavy atom. The van der Waals surface area contributed by atoms with E-state index in [4.69, 9.17) is 4.52 Å². The Hall–Kier alpha value is -1.88. The lowest BCUT2D eigenvalue weighted by Gasteiger charge is -2.08. The molecule has 3 rings (SSSR count). The second-order valence-corrected chi connectivity index (χ2v) is 4.50. The summed E-state index contributed by atoms with van der Waals surface area (Å²) in [5, 5.41) is 7.31. The number of anilines is 1. The Balaban J connectivity index is 1.92. The smallest absolute Gasteiger partial charge is 0.266 e. The van der Waals surface area contributed by atoms with E-state index in [9.17, 15) is 0 Å². The fraction of sp³-hybridized carbons (Fsp3) is 0.385. The molecule has 0 atom stereocenters. The van der Waals surface area contributed by atoms with E-state index < -0.39 is 0 Å². The maximum atomic E-state index is 5.31. The van der Waals surface area contributed by atoms with Crippen LogP contribution in [0.25, 0.3) is 11.5 Å². The second kappa shape index (κ2) is 4.42. The van der Waals surface area contributed by atoms with Crippen molar-refractivity contribution in [3.05, 3.63) is 29.3 Å². The highest BCUT2D eigenvalue weighted by Gasteiger charge is 2.15. The highest BCUT2D eigenvalue weighted by atomic mass is 16.5. The van der Waals surface area contributed by atoms with E-state index in [-0.39, 0.29) is 0 Å². The van der Waals surface area contributed by atoms with Gasteiger partial charge in [-0.2, -0.15) is 4.98 Å². The highest BCUT2D eigenvalue weighted by molar-refractivity contribution is 5.57. The van der Waals surface area contributed by atoms with Gasteiger partial charge in [0.15, 0.2) is 0 Å². The fourth-order valence-electron chi connectivity index (χ4n) is 2.06. The number of hydrogen-bond donors (Lipinski definition) is 1. The van der Waals surface area contributed by atoms with Crippen molar-refractivity contribution in [2.75, 3.05) is 18.5 Å². The van der Waals surface area contributed by atoms with E-state index in [1.165, 1.54) is 11.1 Å². The Bertz CT molecular complexity index is 564. The molecule has 0 bridgehead atoms.